The quantitative estimate of drug-likeness (QED) is 0.748. The number of rotatable bonds is 2. The Kier molecular flexibility index (Phi) is 4.67. The molecule has 1 aromatic carbocycles. The summed E-state index contributed by atoms with van der Waals surface area (Å²) in [7, 11) is 0. The number of amides is 1. The second-order valence-electron chi connectivity index (χ2n) is 3.98. The third-order valence-electron chi connectivity index (χ3n) is 2.51. The van der Waals surface area contributed by atoms with Crippen molar-refractivity contribution in [2.75, 3.05) is 5.32 Å². The Hall–Kier alpha value is -1.41. The van der Waals surface area contributed by atoms with Crippen molar-refractivity contribution < 1.29 is 18.0 Å². The van der Waals surface area contributed by atoms with Crippen molar-refractivity contribution in [3.63, 3.8) is 0 Å². The predicted octanol–water partition coefficient (Wildman–Crippen LogP) is 4.88. The molecule has 1 amide bonds. The van der Waals surface area contributed by atoms with E-state index in [1.807, 2.05) is 0 Å². The highest BCUT2D eigenvalue weighted by atomic mass is 79.9. The van der Waals surface area contributed by atoms with Gasteiger partial charge in [0.15, 0.2) is 0 Å². The van der Waals surface area contributed by atoms with Crippen molar-refractivity contribution in [1.82, 2.24) is 4.98 Å². The van der Waals surface area contributed by atoms with Crippen LogP contribution in [0.15, 0.2) is 45.5 Å². The average molecular weight is 424 g/mol. The molecule has 1 aromatic heterocycles. The molecule has 2 rings (SSSR count). The van der Waals surface area contributed by atoms with E-state index in [0.29, 0.717) is 4.47 Å². The standard InChI is InChI=1S/C13H7Br2F3N2O/c14-7-3-4-10(8(6-7)13(16,17)18)20-12(21)11-9(15)2-1-5-19-11/h1-6H,(H,20,21). The minimum Gasteiger partial charge on any atom is -0.320 e. The zero-order valence-corrected chi connectivity index (χ0v) is 13.4. The summed E-state index contributed by atoms with van der Waals surface area (Å²) in [5.74, 6) is -0.727. The molecule has 0 saturated carbocycles. The number of nitrogens with one attached hydrogen (secondary N) is 1. The molecule has 0 bridgehead atoms. The summed E-state index contributed by atoms with van der Waals surface area (Å²) in [5.41, 5.74) is -1.25. The Morgan fingerprint density at radius 1 is 1.19 bits per heavy atom. The number of hydrogen-bond acceptors (Lipinski definition) is 2. The highest BCUT2D eigenvalue weighted by Gasteiger charge is 2.34. The SMILES string of the molecule is O=C(Nc1ccc(Br)cc1C(F)(F)F)c1ncccc1Br. The number of benzene rings is 1. The van der Waals surface area contributed by atoms with Gasteiger partial charge in [0.25, 0.3) is 5.91 Å². The molecule has 8 heteroatoms. The lowest BCUT2D eigenvalue weighted by atomic mass is 10.1. The number of aromatic nitrogens is 1. The smallest absolute Gasteiger partial charge is 0.320 e. The normalized spacial score (nSPS) is 11.3. The largest absolute Gasteiger partial charge is 0.418 e. The van der Waals surface area contributed by atoms with E-state index in [9.17, 15) is 18.0 Å². The maximum atomic E-state index is 13.0. The van der Waals surface area contributed by atoms with Gasteiger partial charge in [-0.15, -0.1) is 0 Å². The van der Waals surface area contributed by atoms with Gasteiger partial charge in [0, 0.05) is 15.1 Å². The maximum absolute atomic E-state index is 13.0. The first-order chi connectivity index (χ1) is 9.79. The van der Waals surface area contributed by atoms with E-state index in [4.69, 9.17) is 0 Å². The molecular formula is C13H7Br2F3N2O. The molecule has 0 atom stereocenters. The monoisotopic (exact) mass is 422 g/mol. The van der Waals surface area contributed by atoms with Crippen LogP contribution in [0.1, 0.15) is 16.1 Å². The molecule has 0 spiro atoms. The van der Waals surface area contributed by atoms with E-state index in [1.165, 1.54) is 18.3 Å². The van der Waals surface area contributed by atoms with Crippen LogP contribution in [0.3, 0.4) is 0 Å². The van der Waals surface area contributed by atoms with Gasteiger partial charge in [-0.05, 0) is 46.3 Å². The summed E-state index contributed by atoms with van der Waals surface area (Å²) >= 11 is 6.11. The number of hydrogen-bond donors (Lipinski definition) is 1. The van der Waals surface area contributed by atoms with Crippen LogP contribution in [0, 0.1) is 0 Å². The Labute approximate surface area is 134 Å². The van der Waals surface area contributed by atoms with E-state index < -0.39 is 17.6 Å². The second kappa shape index (κ2) is 6.15. The minimum atomic E-state index is -4.58. The van der Waals surface area contributed by atoms with E-state index in [-0.39, 0.29) is 15.9 Å². The molecule has 0 radical (unpaired) electrons. The third-order valence-corrected chi connectivity index (χ3v) is 3.64. The number of halogens is 5. The van der Waals surface area contributed by atoms with Crippen LogP contribution in [-0.2, 0) is 6.18 Å². The van der Waals surface area contributed by atoms with Crippen molar-refractivity contribution in [2.45, 2.75) is 6.18 Å². The van der Waals surface area contributed by atoms with Gasteiger partial charge in [0.1, 0.15) is 5.69 Å². The van der Waals surface area contributed by atoms with E-state index in [0.717, 1.165) is 6.07 Å². The Morgan fingerprint density at radius 3 is 2.52 bits per heavy atom. The van der Waals surface area contributed by atoms with Gasteiger partial charge in [0.2, 0.25) is 0 Å². The van der Waals surface area contributed by atoms with Crippen molar-refractivity contribution in [3.8, 4) is 0 Å². The Morgan fingerprint density at radius 2 is 1.90 bits per heavy atom. The summed E-state index contributed by atoms with van der Waals surface area (Å²) in [6, 6.07) is 6.68. The van der Waals surface area contributed by atoms with Gasteiger partial charge in [0.05, 0.1) is 11.3 Å². The summed E-state index contributed by atoms with van der Waals surface area (Å²) in [6.07, 6.45) is -3.19. The molecule has 0 unspecified atom stereocenters. The Balaban J connectivity index is 2.36. The summed E-state index contributed by atoms with van der Waals surface area (Å²) in [6.45, 7) is 0. The lowest BCUT2D eigenvalue weighted by Gasteiger charge is -2.14. The van der Waals surface area contributed by atoms with Crippen LogP contribution in [0.4, 0.5) is 18.9 Å². The first kappa shape index (κ1) is 16.0. The predicted molar refractivity (Wildman–Crippen MR) is 79.0 cm³/mol. The lowest BCUT2D eigenvalue weighted by molar-refractivity contribution is -0.136. The van der Waals surface area contributed by atoms with Crippen molar-refractivity contribution in [1.29, 1.82) is 0 Å². The molecule has 2 aromatic rings. The molecule has 21 heavy (non-hydrogen) atoms. The van der Waals surface area contributed by atoms with Crippen molar-refractivity contribution in [2.24, 2.45) is 0 Å². The molecule has 0 fully saturated rings. The van der Waals surface area contributed by atoms with E-state index in [1.54, 1.807) is 12.1 Å². The van der Waals surface area contributed by atoms with Crippen LogP contribution in [0.5, 0.6) is 0 Å². The number of carbonyl (C=O) groups is 1. The molecule has 0 aliphatic rings. The number of pyridine rings is 1. The van der Waals surface area contributed by atoms with Crippen molar-refractivity contribution >= 4 is 43.5 Å². The molecular weight excluding hydrogens is 417 g/mol. The molecule has 0 aliphatic heterocycles. The third kappa shape index (κ3) is 3.82. The van der Waals surface area contributed by atoms with Crippen LogP contribution in [-0.4, -0.2) is 10.9 Å². The number of carbonyl (C=O) groups excluding carboxylic acids is 1. The van der Waals surface area contributed by atoms with Crippen LogP contribution in [0.25, 0.3) is 0 Å². The first-order valence-corrected chi connectivity index (χ1v) is 7.16. The molecule has 0 aliphatic carbocycles. The van der Waals surface area contributed by atoms with E-state index >= 15 is 0 Å². The van der Waals surface area contributed by atoms with Crippen molar-refractivity contribution in [3.05, 3.63) is 56.7 Å². The summed E-state index contributed by atoms with van der Waals surface area (Å²) in [5, 5.41) is 2.23. The topological polar surface area (TPSA) is 42.0 Å². The van der Waals surface area contributed by atoms with Gasteiger partial charge in [-0.3, -0.25) is 4.79 Å². The fourth-order valence-corrected chi connectivity index (χ4v) is 2.39. The van der Waals surface area contributed by atoms with Crippen LogP contribution < -0.4 is 5.32 Å². The molecule has 0 saturated heterocycles. The minimum absolute atomic E-state index is 0.00791. The van der Waals surface area contributed by atoms with Crippen LogP contribution in [0.2, 0.25) is 0 Å². The van der Waals surface area contributed by atoms with Gasteiger partial charge >= 0.3 is 6.18 Å². The summed E-state index contributed by atoms with van der Waals surface area (Å²) < 4.78 is 39.6. The maximum Gasteiger partial charge on any atom is 0.418 e. The molecule has 1 heterocycles. The van der Waals surface area contributed by atoms with Gasteiger partial charge in [-0.1, -0.05) is 15.9 Å². The van der Waals surface area contributed by atoms with Gasteiger partial charge in [-0.2, -0.15) is 13.2 Å². The zero-order chi connectivity index (χ0) is 15.6. The van der Waals surface area contributed by atoms with Crippen LogP contribution >= 0.6 is 31.9 Å². The highest BCUT2D eigenvalue weighted by Crippen LogP contribution is 2.36. The zero-order valence-electron chi connectivity index (χ0n) is 10.2. The lowest BCUT2D eigenvalue weighted by Crippen LogP contribution is -2.18. The first-order valence-electron chi connectivity index (χ1n) is 5.57. The fourth-order valence-electron chi connectivity index (χ4n) is 1.59. The van der Waals surface area contributed by atoms with Gasteiger partial charge < -0.3 is 5.32 Å². The fraction of sp³-hybridized carbons (Fsp3) is 0.0769. The molecule has 110 valence electrons. The number of anilines is 1. The molecule has 3 nitrogen and oxygen atoms in total. The number of alkyl halides is 3. The van der Waals surface area contributed by atoms with E-state index in [2.05, 4.69) is 42.2 Å². The highest BCUT2D eigenvalue weighted by molar-refractivity contribution is 9.10. The summed E-state index contributed by atoms with van der Waals surface area (Å²) in [4.78, 5) is 15.9. The molecule has 1 N–H and O–H groups in total. The number of nitrogens with zero attached hydrogens (tertiary/aromatic N) is 1. The Bertz CT molecular complexity index is 689. The average Bonchev–Trinajstić information content (AvgIpc) is 2.40. The second-order valence-corrected chi connectivity index (χ2v) is 5.75. The van der Waals surface area contributed by atoms with Gasteiger partial charge in [-0.25, -0.2) is 4.98 Å².